The van der Waals surface area contributed by atoms with Crippen molar-refractivity contribution in [3.8, 4) is 0 Å². The fourth-order valence-corrected chi connectivity index (χ4v) is 3.44. The minimum absolute atomic E-state index is 0.0929. The lowest BCUT2D eigenvalue weighted by molar-refractivity contribution is -0.137. The lowest BCUT2D eigenvalue weighted by Gasteiger charge is -2.34. The second-order valence-electron chi connectivity index (χ2n) is 7.03. The third-order valence-electron chi connectivity index (χ3n) is 5.10. The zero-order valence-corrected chi connectivity index (χ0v) is 15.8. The Morgan fingerprint density at radius 1 is 1.11 bits per heavy atom. The van der Waals surface area contributed by atoms with Crippen molar-refractivity contribution in [3.63, 3.8) is 0 Å². The summed E-state index contributed by atoms with van der Waals surface area (Å²) in [5, 5.41) is 11.1. The second-order valence-corrected chi connectivity index (χ2v) is 7.03. The summed E-state index contributed by atoms with van der Waals surface area (Å²) in [5.74, 6) is -1.24. The van der Waals surface area contributed by atoms with Gasteiger partial charge in [0.2, 0.25) is 5.91 Å². The number of carboxylic acids is 1. The van der Waals surface area contributed by atoms with Gasteiger partial charge in [0, 0.05) is 56.9 Å². The number of imide groups is 1. The SMILES string of the molecule is Cc1ccc(C(=O)N2CCN(CCC(=O)O)CC2)cc1N1CCC(=O)NC1=O. The highest BCUT2D eigenvalue weighted by Crippen LogP contribution is 2.24. The molecule has 1 aromatic carbocycles. The van der Waals surface area contributed by atoms with Crippen LogP contribution in [0.3, 0.4) is 0 Å². The summed E-state index contributed by atoms with van der Waals surface area (Å²) in [6.45, 7) is 4.94. The van der Waals surface area contributed by atoms with E-state index in [2.05, 4.69) is 5.32 Å². The number of carboxylic acid groups (broad SMARTS) is 1. The van der Waals surface area contributed by atoms with Crippen molar-refractivity contribution in [3.05, 3.63) is 29.3 Å². The van der Waals surface area contributed by atoms with Crippen molar-refractivity contribution in [1.82, 2.24) is 15.1 Å². The fraction of sp³-hybridized carbons (Fsp3) is 0.474. The lowest BCUT2D eigenvalue weighted by atomic mass is 10.1. The third kappa shape index (κ3) is 4.48. The molecule has 28 heavy (non-hydrogen) atoms. The van der Waals surface area contributed by atoms with Gasteiger partial charge in [0.05, 0.1) is 6.42 Å². The Morgan fingerprint density at radius 2 is 1.82 bits per heavy atom. The predicted octanol–water partition coefficient (Wildman–Crippen LogP) is 0.674. The average molecular weight is 388 g/mol. The zero-order chi connectivity index (χ0) is 20.3. The van der Waals surface area contributed by atoms with E-state index in [9.17, 15) is 19.2 Å². The molecule has 3 rings (SSSR count). The number of urea groups is 1. The first-order chi connectivity index (χ1) is 13.3. The smallest absolute Gasteiger partial charge is 0.328 e. The molecule has 0 saturated carbocycles. The third-order valence-corrected chi connectivity index (χ3v) is 5.10. The van der Waals surface area contributed by atoms with Crippen molar-refractivity contribution in [2.45, 2.75) is 19.8 Å². The van der Waals surface area contributed by atoms with Crippen molar-refractivity contribution in [2.24, 2.45) is 0 Å². The maximum absolute atomic E-state index is 12.9. The Morgan fingerprint density at radius 3 is 2.46 bits per heavy atom. The van der Waals surface area contributed by atoms with Gasteiger partial charge in [-0.2, -0.15) is 0 Å². The van der Waals surface area contributed by atoms with Gasteiger partial charge in [-0.05, 0) is 24.6 Å². The van der Waals surface area contributed by atoms with Gasteiger partial charge < -0.3 is 10.0 Å². The van der Waals surface area contributed by atoms with Gasteiger partial charge in [-0.15, -0.1) is 0 Å². The van der Waals surface area contributed by atoms with Crippen molar-refractivity contribution in [1.29, 1.82) is 0 Å². The highest BCUT2D eigenvalue weighted by Gasteiger charge is 2.27. The van der Waals surface area contributed by atoms with Crippen LogP contribution < -0.4 is 10.2 Å². The monoisotopic (exact) mass is 388 g/mol. The molecular weight excluding hydrogens is 364 g/mol. The maximum Gasteiger partial charge on any atom is 0.328 e. The first kappa shape index (κ1) is 19.8. The number of carbonyl (C=O) groups is 4. The van der Waals surface area contributed by atoms with Crippen LogP contribution in [0.25, 0.3) is 0 Å². The summed E-state index contributed by atoms with van der Waals surface area (Å²) in [6.07, 6.45) is 0.317. The number of nitrogens with zero attached hydrogens (tertiary/aromatic N) is 3. The Bertz CT molecular complexity index is 802. The molecule has 2 fully saturated rings. The maximum atomic E-state index is 12.9. The second kappa shape index (κ2) is 8.39. The number of anilines is 1. The number of aliphatic carboxylic acids is 1. The van der Waals surface area contributed by atoms with Crippen LogP contribution in [0.15, 0.2) is 18.2 Å². The molecule has 9 nitrogen and oxygen atoms in total. The van der Waals surface area contributed by atoms with Gasteiger partial charge in [0.25, 0.3) is 5.91 Å². The van der Waals surface area contributed by atoms with Gasteiger partial charge in [-0.25, -0.2) is 4.79 Å². The molecule has 2 aliphatic rings. The summed E-state index contributed by atoms with van der Waals surface area (Å²) < 4.78 is 0. The van der Waals surface area contributed by atoms with E-state index in [0.29, 0.717) is 44.0 Å². The number of nitrogens with one attached hydrogen (secondary N) is 1. The minimum Gasteiger partial charge on any atom is -0.481 e. The van der Waals surface area contributed by atoms with Gasteiger partial charge in [0.15, 0.2) is 0 Å². The largest absolute Gasteiger partial charge is 0.481 e. The van der Waals surface area contributed by atoms with Crippen LogP contribution in [0, 0.1) is 6.92 Å². The predicted molar refractivity (Wildman–Crippen MR) is 101 cm³/mol. The van der Waals surface area contributed by atoms with Crippen LogP contribution >= 0.6 is 0 Å². The quantitative estimate of drug-likeness (QED) is 0.767. The van der Waals surface area contributed by atoms with Crippen LogP contribution in [-0.4, -0.2) is 78.0 Å². The van der Waals surface area contributed by atoms with Crippen LogP contribution in [0.5, 0.6) is 0 Å². The normalized spacial score (nSPS) is 18.2. The van der Waals surface area contributed by atoms with Crippen molar-refractivity contribution in [2.75, 3.05) is 44.2 Å². The molecule has 0 spiro atoms. The molecule has 0 aliphatic carbocycles. The molecule has 0 aromatic heterocycles. The average Bonchev–Trinajstić information content (AvgIpc) is 2.67. The highest BCUT2D eigenvalue weighted by atomic mass is 16.4. The molecule has 2 aliphatic heterocycles. The summed E-state index contributed by atoms with van der Waals surface area (Å²) in [5.41, 5.74) is 1.96. The van der Waals surface area contributed by atoms with Crippen molar-refractivity contribution < 1.29 is 24.3 Å². The van der Waals surface area contributed by atoms with E-state index in [1.807, 2.05) is 11.8 Å². The van der Waals surface area contributed by atoms with E-state index in [1.54, 1.807) is 23.1 Å². The molecule has 2 heterocycles. The van der Waals surface area contributed by atoms with Crippen LogP contribution in [0.4, 0.5) is 10.5 Å². The summed E-state index contributed by atoms with van der Waals surface area (Å²) in [4.78, 5) is 52.3. The standard InChI is InChI=1S/C19H24N4O5/c1-13-2-3-14(12-15(13)23-7-4-16(24)20-19(23)28)18(27)22-10-8-21(9-11-22)6-5-17(25)26/h2-3,12H,4-11H2,1H3,(H,25,26)(H,20,24,28). The number of carbonyl (C=O) groups excluding carboxylic acids is 3. The van der Waals surface area contributed by atoms with E-state index in [-0.39, 0.29) is 31.2 Å². The Labute approximate surface area is 162 Å². The number of benzene rings is 1. The zero-order valence-electron chi connectivity index (χ0n) is 15.8. The van der Waals surface area contributed by atoms with Gasteiger partial charge in [-0.1, -0.05) is 6.07 Å². The molecular formula is C19H24N4O5. The summed E-state index contributed by atoms with van der Waals surface area (Å²) in [7, 11) is 0. The number of hydrogen-bond donors (Lipinski definition) is 2. The topological polar surface area (TPSA) is 110 Å². The lowest BCUT2D eigenvalue weighted by Crippen LogP contribution is -2.50. The Hall–Kier alpha value is -2.94. The molecule has 1 aromatic rings. The van der Waals surface area contributed by atoms with E-state index in [1.165, 1.54) is 4.90 Å². The Kier molecular flexibility index (Phi) is 5.93. The molecule has 2 saturated heterocycles. The number of amides is 4. The molecule has 4 amide bonds. The molecule has 0 bridgehead atoms. The van der Waals surface area contributed by atoms with E-state index >= 15 is 0 Å². The molecule has 0 radical (unpaired) electrons. The van der Waals surface area contributed by atoms with Crippen LogP contribution in [0.1, 0.15) is 28.8 Å². The molecule has 2 N–H and O–H groups in total. The van der Waals surface area contributed by atoms with E-state index in [4.69, 9.17) is 5.11 Å². The summed E-state index contributed by atoms with van der Waals surface area (Å²) in [6, 6.07) is 4.76. The Balaban J connectivity index is 1.67. The van der Waals surface area contributed by atoms with Gasteiger partial charge in [-0.3, -0.25) is 29.5 Å². The molecule has 0 atom stereocenters. The number of hydrogen-bond acceptors (Lipinski definition) is 5. The van der Waals surface area contributed by atoms with E-state index in [0.717, 1.165) is 5.56 Å². The first-order valence-corrected chi connectivity index (χ1v) is 9.30. The first-order valence-electron chi connectivity index (χ1n) is 9.30. The number of aryl methyl sites for hydroxylation is 1. The fourth-order valence-electron chi connectivity index (χ4n) is 3.44. The van der Waals surface area contributed by atoms with Crippen molar-refractivity contribution >= 4 is 29.5 Å². The summed E-state index contributed by atoms with van der Waals surface area (Å²) >= 11 is 0. The molecule has 150 valence electrons. The molecule has 9 heteroatoms. The van der Waals surface area contributed by atoms with Gasteiger partial charge >= 0.3 is 12.0 Å². The van der Waals surface area contributed by atoms with Gasteiger partial charge in [0.1, 0.15) is 0 Å². The van der Waals surface area contributed by atoms with Crippen LogP contribution in [0.2, 0.25) is 0 Å². The molecule has 0 unspecified atom stereocenters. The number of piperazine rings is 1. The highest BCUT2D eigenvalue weighted by molar-refractivity contribution is 6.06. The number of rotatable bonds is 5. The minimum atomic E-state index is -0.825. The van der Waals surface area contributed by atoms with Crippen LogP contribution in [-0.2, 0) is 9.59 Å². The van der Waals surface area contributed by atoms with E-state index < -0.39 is 12.0 Å².